The van der Waals surface area contributed by atoms with E-state index in [-0.39, 0.29) is 0 Å². The standard InChI is InChI=1S/C10H9N3O8/c14-7(15)2-6(10(18)19)12-9(17)5-1-4(13(20)21)3-11-8(5)16/h1,3,6H,2H2,(H,11,16)(H,12,17)(H,14,15)(H,18,19)/t6-/m0/s1. The van der Waals surface area contributed by atoms with Crippen LogP contribution in [-0.2, 0) is 9.59 Å². The normalized spacial score (nSPS) is 11.4. The van der Waals surface area contributed by atoms with Gasteiger partial charge in [-0.25, -0.2) is 4.79 Å². The summed E-state index contributed by atoms with van der Waals surface area (Å²) in [5.74, 6) is -4.32. The van der Waals surface area contributed by atoms with E-state index >= 15 is 0 Å². The van der Waals surface area contributed by atoms with Crippen LogP contribution in [0.25, 0.3) is 0 Å². The molecule has 4 N–H and O–H groups in total. The summed E-state index contributed by atoms with van der Waals surface area (Å²) in [5.41, 5.74) is -2.25. The first-order valence-corrected chi connectivity index (χ1v) is 5.35. The molecule has 21 heavy (non-hydrogen) atoms. The quantitative estimate of drug-likeness (QED) is 0.379. The van der Waals surface area contributed by atoms with E-state index in [1.165, 1.54) is 0 Å². The van der Waals surface area contributed by atoms with E-state index < -0.39 is 52.0 Å². The molecule has 0 aliphatic carbocycles. The van der Waals surface area contributed by atoms with Crippen molar-refractivity contribution in [3.63, 3.8) is 0 Å². The fraction of sp³-hybridized carbons (Fsp3) is 0.200. The molecular formula is C10H9N3O8. The van der Waals surface area contributed by atoms with E-state index in [9.17, 15) is 29.3 Å². The van der Waals surface area contributed by atoms with Crippen molar-refractivity contribution < 1.29 is 29.5 Å². The lowest BCUT2D eigenvalue weighted by Gasteiger charge is -2.11. The molecular weight excluding hydrogens is 290 g/mol. The Bertz CT molecular complexity index is 665. The van der Waals surface area contributed by atoms with E-state index in [0.29, 0.717) is 6.07 Å². The number of carbonyl (C=O) groups is 3. The minimum Gasteiger partial charge on any atom is -0.481 e. The molecule has 0 fully saturated rings. The van der Waals surface area contributed by atoms with E-state index in [1.807, 2.05) is 10.3 Å². The molecule has 1 heterocycles. The highest BCUT2D eigenvalue weighted by Crippen LogP contribution is 2.08. The maximum absolute atomic E-state index is 11.7. The minimum absolute atomic E-state index is 0.579. The summed E-state index contributed by atoms with van der Waals surface area (Å²) in [4.78, 5) is 56.0. The van der Waals surface area contributed by atoms with Crippen LogP contribution in [0.1, 0.15) is 16.8 Å². The van der Waals surface area contributed by atoms with Crippen molar-refractivity contribution in [1.82, 2.24) is 10.3 Å². The average Bonchev–Trinajstić information content (AvgIpc) is 2.37. The SMILES string of the molecule is O=C(O)C[C@H](NC(=O)c1cc([N+](=O)[O-])c[nH]c1=O)C(=O)O. The maximum Gasteiger partial charge on any atom is 0.326 e. The number of H-pyrrole nitrogens is 1. The number of nitrogens with one attached hydrogen (secondary N) is 2. The van der Waals surface area contributed by atoms with Gasteiger partial charge in [-0.15, -0.1) is 0 Å². The summed E-state index contributed by atoms with van der Waals surface area (Å²) < 4.78 is 0. The molecule has 0 unspecified atom stereocenters. The van der Waals surface area contributed by atoms with Crippen LogP contribution >= 0.6 is 0 Å². The molecule has 1 amide bonds. The zero-order chi connectivity index (χ0) is 16.2. The van der Waals surface area contributed by atoms with Gasteiger partial charge in [0.05, 0.1) is 17.5 Å². The smallest absolute Gasteiger partial charge is 0.326 e. The molecule has 0 bridgehead atoms. The van der Waals surface area contributed by atoms with Crippen molar-refractivity contribution in [2.24, 2.45) is 0 Å². The third-order valence-electron chi connectivity index (χ3n) is 2.33. The van der Waals surface area contributed by atoms with Crippen molar-refractivity contribution in [3.8, 4) is 0 Å². The van der Waals surface area contributed by atoms with Crippen LogP contribution in [0.2, 0.25) is 0 Å². The highest BCUT2D eigenvalue weighted by molar-refractivity contribution is 5.97. The van der Waals surface area contributed by atoms with Crippen LogP contribution in [0, 0.1) is 10.1 Å². The number of hydrogen-bond donors (Lipinski definition) is 4. The van der Waals surface area contributed by atoms with Gasteiger partial charge in [-0.05, 0) is 0 Å². The number of carboxylic acids is 2. The summed E-state index contributed by atoms with van der Waals surface area (Å²) in [7, 11) is 0. The van der Waals surface area contributed by atoms with Gasteiger partial charge in [0.25, 0.3) is 17.2 Å². The minimum atomic E-state index is -1.77. The topological polar surface area (TPSA) is 180 Å². The van der Waals surface area contributed by atoms with Gasteiger partial charge >= 0.3 is 11.9 Å². The first-order valence-electron chi connectivity index (χ1n) is 5.35. The number of aromatic amines is 1. The summed E-state index contributed by atoms with van der Waals surface area (Å²) in [6, 6.07) is -1.11. The van der Waals surface area contributed by atoms with Crippen LogP contribution in [-0.4, -0.2) is 44.0 Å². The lowest BCUT2D eigenvalue weighted by molar-refractivity contribution is -0.385. The average molecular weight is 299 g/mol. The Balaban J connectivity index is 3.05. The zero-order valence-corrected chi connectivity index (χ0v) is 10.2. The van der Waals surface area contributed by atoms with Crippen molar-refractivity contribution in [3.05, 3.63) is 38.3 Å². The van der Waals surface area contributed by atoms with Gasteiger partial charge in [-0.3, -0.25) is 24.5 Å². The fourth-order valence-corrected chi connectivity index (χ4v) is 1.36. The van der Waals surface area contributed by atoms with Gasteiger partial charge in [-0.2, -0.15) is 0 Å². The third-order valence-corrected chi connectivity index (χ3v) is 2.33. The van der Waals surface area contributed by atoms with Crippen molar-refractivity contribution in [1.29, 1.82) is 0 Å². The Morgan fingerprint density at radius 3 is 2.48 bits per heavy atom. The van der Waals surface area contributed by atoms with Crippen LogP contribution in [0.4, 0.5) is 5.69 Å². The van der Waals surface area contributed by atoms with Crippen LogP contribution in [0.15, 0.2) is 17.1 Å². The molecule has 0 aliphatic heterocycles. The number of amides is 1. The maximum atomic E-state index is 11.7. The lowest BCUT2D eigenvalue weighted by Crippen LogP contribution is -2.43. The van der Waals surface area contributed by atoms with Crippen molar-refractivity contribution in [2.45, 2.75) is 12.5 Å². The van der Waals surface area contributed by atoms with E-state index in [2.05, 4.69) is 0 Å². The van der Waals surface area contributed by atoms with E-state index in [0.717, 1.165) is 6.20 Å². The van der Waals surface area contributed by atoms with Gasteiger partial charge in [0, 0.05) is 6.07 Å². The molecule has 0 radical (unpaired) electrons. The Kier molecular flexibility index (Phi) is 4.72. The van der Waals surface area contributed by atoms with Gasteiger partial charge in [0.15, 0.2) is 0 Å². The number of aromatic nitrogens is 1. The molecule has 1 atom stereocenters. The first-order chi connectivity index (χ1) is 9.72. The van der Waals surface area contributed by atoms with Crippen LogP contribution in [0.3, 0.4) is 0 Å². The Morgan fingerprint density at radius 2 is 2.00 bits per heavy atom. The molecule has 11 nitrogen and oxygen atoms in total. The van der Waals surface area contributed by atoms with E-state index in [4.69, 9.17) is 10.2 Å². The van der Waals surface area contributed by atoms with Gasteiger partial charge in [-0.1, -0.05) is 0 Å². The fourth-order valence-electron chi connectivity index (χ4n) is 1.36. The molecule has 112 valence electrons. The lowest BCUT2D eigenvalue weighted by atomic mass is 10.2. The van der Waals surface area contributed by atoms with Gasteiger partial charge in [0.2, 0.25) is 0 Å². The van der Waals surface area contributed by atoms with Crippen LogP contribution < -0.4 is 10.9 Å². The molecule has 1 aromatic heterocycles. The Labute approximate surface area is 115 Å². The largest absolute Gasteiger partial charge is 0.481 e. The number of carboxylic acid groups (broad SMARTS) is 2. The number of pyridine rings is 1. The third kappa shape index (κ3) is 4.12. The molecule has 11 heteroatoms. The monoisotopic (exact) mass is 299 g/mol. The van der Waals surface area contributed by atoms with Crippen molar-refractivity contribution >= 4 is 23.5 Å². The number of aliphatic carboxylic acids is 2. The molecule has 0 aliphatic rings. The Hall–Kier alpha value is -3.24. The second-order valence-electron chi connectivity index (χ2n) is 3.82. The molecule has 0 saturated carbocycles. The van der Waals surface area contributed by atoms with Crippen LogP contribution in [0.5, 0.6) is 0 Å². The zero-order valence-electron chi connectivity index (χ0n) is 10.2. The summed E-state index contributed by atoms with van der Waals surface area (Å²) >= 11 is 0. The molecule has 0 aromatic carbocycles. The number of nitro groups is 1. The highest BCUT2D eigenvalue weighted by atomic mass is 16.6. The van der Waals surface area contributed by atoms with E-state index in [1.54, 1.807) is 0 Å². The Morgan fingerprint density at radius 1 is 1.38 bits per heavy atom. The van der Waals surface area contributed by atoms with Gasteiger partial charge in [0.1, 0.15) is 11.6 Å². The molecule has 1 aromatic rings. The first kappa shape index (κ1) is 15.8. The summed E-state index contributed by atoms with van der Waals surface area (Å²) in [5, 5.41) is 29.6. The predicted octanol–water partition coefficient (Wildman–Crippen LogP) is -1.06. The predicted molar refractivity (Wildman–Crippen MR) is 64.9 cm³/mol. The molecule has 0 spiro atoms. The number of hydrogen-bond acceptors (Lipinski definition) is 6. The summed E-state index contributed by atoms with van der Waals surface area (Å²) in [6.07, 6.45) is -0.140. The second-order valence-corrected chi connectivity index (χ2v) is 3.82. The van der Waals surface area contributed by atoms with Gasteiger partial charge < -0.3 is 20.5 Å². The number of nitrogens with zero attached hydrogens (tertiary/aromatic N) is 1. The highest BCUT2D eigenvalue weighted by Gasteiger charge is 2.25. The van der Waals surface area contributed by atoms with Crippen molar-refractivity contribution in [2.75, 3.05) is 0 Å². The molecule has 0 saturated heterocycles. The molecule has 1 rings (SSSR count). The number of carbonyl (C=O) groups excluding carboxylic acids is 1. The second kappa shape index (κ2) is 6.27. The summed E-state index contributed by atoms with van der Waals surface area (Å²) in [6.45, 7) is 0. The number of rotatable bonds is 6.